The third-order valence-corrected chi connectivity index (χ3v) is 3.04. The second kappa shape index (κ2) is 5.12. The van der Waals surface area contributed by atoms with Crippen LogP contribution < -0.4 is 0 Å². The molecule has 0 saturated carbocycles. The summed E-state index contributed by atoms with van der Waals surface area (Å²) < 4.78 is 1.91. The Morgan fingerprint density at radius 1 is 1.50 bits per heavy atom. The normalized spacial score (nSPS) is 21.4. The van der Waals surface area contributed by atoms with E-state index in [1.54, 1.807) is 6.20 Å². The molecule has 1 fully saturated rings. The first-order valence-corrected chi connectivity index (χ1v) is 5.65. The molecule has 5 heteroatoms. The highest BCUT2D eigenvalue weighted by atomic mass is 16.4. The van der Waals surface area contributed by atoms with Crippen LogP contribution in [0.3, 0.4) is 0 Å². The lowest BCUT2D eigenvalue weighted by Gasteiger charge is -2.15. The first-order chi connectivity index (χ1) is 7.74. The number of rotatable bonds is 5. The third kappa shape index (κ3) is 3.06. The van der Waals surface area contributed by atoms with Crippen molar-refractivity contribution in [2.24, 2.45) is 5.92 Å². The van der Waals surface area contributed by atoms with Gasteiger partial charge in [-0.1, -0.05) is 0 Å². The van der Waals surface area contributed by atoms with Crippen LogP contribution in [0, 0.1) is 5.92 Å². The van der Waals surface area contributed by atoms with Crippen LogP contribution in [0.2, 0.25) is 0 Å². The van der Waals surface area contributed by atoms with Gasteiger partial charge in [-0.15, -0.1) is 0 Å². The summed E-state index contributed by atoms with van der Waals surface area (Å²) in [7, 11) is 0. The molecule has 0 amide bonds. The molecule has 1 atom stereocenters. The van der Waals surface area contributed by atoms with E-state index in [1.165, 1.54) is 0 Å². The van der Waals surface area contributed by atoms with Crippen LogP contribution in [-0.4, -0.2) is 45.4 Å². The predicted octanol–water partition coefficient (Wildman–Crippen LogP) is 0.680. The molecule has 1 N–H and O–H groups in total. The Hall–Kier alpha value is -1.36. The van der Waals surface area contributed by atoms with Crippen LogP contribution >= 0.6 is 0 Å². The maximum absolute atomic E-state index is 10.6. The van der Waals surface area contributed by atoms with Gasteiger partial charge in [0.25, 0.3) is 0 Å². The molecule has 2 heterocycles. The number of aromatic nitrogens is 2. The summed E-state index contributed by atoms with van der Waals surface area (Å²) in [5.74, 6) is -0.353. The SMILES string of the molecule is O=C(O)CC1CCN(CCn2cccn2)C1. The lowest BCUT2D eigenvalue weighted by Crippen LogP contribution is -2.25. The molecule has 1 aliphatic heterocycles. The van der Waals surface area contributed by atoms with Gasteiger partial charge in [0.15, 0.2) is 0 Å². The number of hydrogen-bond acceptors (Lipinski definition) is 3. The fraction of sp³-hybridized carbons (Fsp3) is 0.636. The van der Waals surface area contributed by atoms with Crippen molar-refractivity contribution in [3.63, 3.8) is 0 Å². The number of aliphatic carboxylic acids is 1. The lowest BCUT2D eigenvalue weighted by molar-refractivity contribution is -0.138. The molecule has 1 unspecified atom stereocenters. The summed E-state index contributed by atoms with van der Waals surface area (Å²) in [6.07, 6.45) is 5.03. The third-order valence-electron chi connectivity index (χ3n) is 3.04. The summed E-state index contributed by atoms with van der Waals surface area (Å²) in [6, 6.07) is 1.91. The summed E-state index contributed by atoms with van der Waals surface area (Å²) in [6.45, 7) is 3.76. The number of nitrogens with zero attached hydrogens (tertiary/aromatic N) is 3. The molecule has 1 aromatic rings. The van der Waals surface area contributed by atoms with Gasteiger partial charge in [0, 0.05) is 31.9 Å². The van der Waals surface area contributed by atoms with Gasteiger partial charge in [0.1, 0.15) is 0 Å². The molecule has 5 nitrogen and oxygen atoms in total. The first-order valence-electron chi connectivity index (χ1n) is 5.65. The van der Waals surface area contributed by atoms with Gasteiger partial charge in [0.2, 0.25) is 0 Å². The van der Waals surface area contributed by atoms with Crippen molar-refractivity contribution in [3.8, 4) is 0 Å². The average molecular weight is 223 g/mol. The van der Waals surface area contributed by atoms with Crippen molar-refractivity contribution in [1.82, 2.24) is 14.7 Å². The van der Waals surface area contributed by atoms with E-state index >= 15 is 0 Å². The molecule has 1 aliphatic rings. The highest BCUT2D eigenvalue weighted by Gasteiger charge is 2.23. The van der Waals surface area contributed by atoms with E-state index in [4.69, 9.17) is 5.11 Å². The van der Waals surface area contributed by atoms with E-state index in [-0.39, 0.29) is 0 Å². The van der Waals surface area contributed by atoms with E-state index < -0.39 is 5.97 Å². The highest BCUT2D eigenvalue weighted by Crippen LogP contribution is 2.19. The Balaban J connectivity index is 1.70. The highest BCUT2D eigenvalue weighted by molar-refractivity contribution is 5.67. The van der Waals surface area contributed by atoms with Crippen molar-refractivity contribution in [1.29, 1.82) is 0 Å². The molecule has 0 spiro atoms. The zero-order valence-electron chi connectivity index (χ0n) is 9.25. The van der Waals surface area contributed by atoms with Gasteiger partial charge in [-0.2, -0.15) is 5.10 Å². The van der Waals surface area contributed by atoms with E-state index in [0.717, 1.165) is 32.6 Å². The summed E-state index contributed by atoms with van der Waals surface area (Å²) in [4.78, 5) is 12.9. The van der Waals surface area contributed by atoms with Gasteiger partial charge in [-0.3, -0.25) is 9.48 Å². The minimum Gasteiger partial charge on any atom is -0.481 e. The Morgan fingerprint density at radius 3 is 3.06 bits per heavy atom. The van der Waals surface area contributed by atoms with Crippen LogP contribution in [-0.2, 0) is 11.3 Å². The number of carboxylic acid groups (broad SMARTS) is 1. The molecule has 0 aromatic carbocycles. The number of carbonyl (C=O) groups is 1. The second-order valence-corrected chi connectivity index (χ2v) is 4.32. The van der Waals surface area contributed by atoms with E-state index in [0.29, 0.717) is 12.3 Å². The second-order valence-electron chi connectivity index (χ2n) is 4.32. The maximum Gasteiger partial charge on any atom is 0.303 e. The quantitative estimate of drug-likeness (QED) is 0.797. The van der Waals surface area contributed by atoms with Gasteiger partial charge >= 0.3 is 5.97 Å². The Kier molecular flexibility index (Phi) is 3.56. The number of carboxylic acids is 1. The summed E-state index contributed by atoms with van der Waals surface area (Å²) >= 11 is 0. The minimum absolute atomic E-state index is 0.304. The van der Waals surface area contributed by atoms with Crippen molar-refractivity contribution >= 4 is 5.97 Å². The van der Waals surface area contributed by atoms with E-state index in [9.17, 15) is 4.79 Å². The minimum atomic E-state index is -0.682. The molecule has 0 radical (unpaired) electrons. The maximum atomic E-state index is 10.6. The molecular weight excluding hydrogens is 206 g/mol. The van der Waals surface area contributed by atoms with E-state index in [1.807, 2.05) is 16.9 Å². The lowest BCUT2D eigenvalue weighted by atomic mass is 10.1. The number of hydrogen-bond donors (Lipinski definition) is 1. The smallest absolute Gasteiger partial charge is 0.303 e. The van der Waals surface area contributed by atoms with Crippen molar-refractivity contribution in [2.45, 2.75) is 19.4 Å². The fourth-order valence-corrected chi connectivity index (χ4v) is 2.21. The molecule has 2 rings (SSSR count). The van der Waals surface area contributed by atoms with Crippen LogP contribution in [0.4, 0.5) is 0 Å². The Bertz CT molecular complexity index is 337. The standard InChI is InChI=1S/C11H17N3O2/c15-11(16)8-10-2-5-13(9-10)6-7-14-4-1-3-12-14/h1,3-4,10H,2,5-9H2,(H,15,16). The Labute approximate surface area is 94.7 Å². The van der Waals surface area contributed by atoms with Gasteiger partial charge < -0.3 is 10.0 Å². The predicted molar refractivity (Wildman–Crippen MR) is 59.0 cm³/mol. The molecule has 88 valence electrons. The zero-order valence-corrected chi connectivity index (χ0v) is 9.25. The average Bonchev–Trinajstić information content (AvgIpc) is 2.84. The van der Waals surface area contributed by atoms with E-state index in [2.05, 4.69) is 10.00 Å². The van der Waals surface area contributed by atoms with Gasteiger partial charge in [-0.25, -0.2) is 0 Å². The zero-order chi connectivity index (χ0) is 11.4. The van der Waals surface area contributed by atoms with Crippen LogP contribution in [0.5, 0.6) is 0 Å². The van der Waals surface area contributed by atoms with Gasteiger partial charge in [-0.05, 0) is 24.9 Å². The van der Waals surface area contributed by atoms with Gasteiger partial charge in [0.05, 0.1) is 6.54 Å². The van der Waals surface area contributed by atoms with Crippen molar-refractivity contribution in [3.05, 3.63) is 18.5 Å². The molecule has 1 saturated heterocycles. The monoisotopic (exact) mass is 223 g/mol. The molecular formula is C11H17N3O2. The molecule has 0 bridgehead atoms. The van der Waals surface area contributed by atoms with Crippen molar-refractivity contribution < 1.29 is 9.90 Å². The largest absolute Gasteiger partial charge is 0.481 e. The molecule has 1 aromatic heterocycles. The fourth-order valence-electron chi connectivity index (χ4n) is 2.21. The topological polar surface area (TPSA) is 58.4 Å². The summed E-state index contributed by atoms with van der Waals surface area (Å²) in [5.41, 5.74) is 0. The molecule has 0 aliphatic carbocycles. The first kappa shape index (κ1) is 11.1. The molecule has 16 heavy (non-hydrogen) atoms. The Morgan fingerprint density at radius 2 is 2.38 bits per heavy atom. The summed E-state index contributed by atoms with van der Waals surface area (Å²) in [5, 5.41) is 12.8. The van der Waals surface area contributed by atoms with Crippen molar-refractivity contribution in [2.75, 3.05) is 19.6 Å². The number of likely N-dealkylation sites (tertiary alicyclic amines) is 1. The van der Waals surface area contributed by atoms with Crippen LogP contribution in [0.15, 0.2) is 18.5 Å². The van der Waals surface area contributed by atoms with Crippen LogP contribution in [0.1, 0.15) is 12.8 Å². The van der Waals surface area contributed by atoms with Crippen LogP contribution in [0.25, 0.3) is 0 Å².